The van der Waals surface area contributed by atoms with E-state index in [2.05, 4.69) is 34.6 Å². The minimum atomic E-state index is 0.434. The van der Waals surface area contributed by atoms with Crippen molar-refractivity contribution in [3.05, 3.63) is 66.2 Å². The van der Waals surface area contributed by atoms with E-state index in [-0.39, 0.29) is 0 Å². The summed E-state index contributed by atoms with van der Waals surface area (Å²) in [5.41, 5.74) is 1.34. The number of ether oxygens (including phenoxy) is 1. The zero-order chi connectivity index (χ0) is 14.3. The lowest BCUT2D eigenvalue weighted by Gasteiger charge is -2.10. The molecule has 0 amide bonds. The summed E-state index contributed by atoms with van der Waals surface area (Å²) in [5.74, 6) is 0.905. The van der Waals surface area contributed by atoms with Crippen LogP contribution in [0.15, 0.2) is 65.7 Å². The van der Waals surface area contributed by atoms with Crippen molar-refractivity contribution < 1.29 is 4.74 Å². The number of thioether (sulfide) groups is 1. The van der Waals surface area contributed by atoms with Gasteiger partial charge in [0.1, 0.15) is 12.4 Å². The average Bonchev–Trinajstić information content (AvgIpc) is 3.02. The molecule has 0 aliphatic carbocycles. The normalized spacial score (nSPS) is 17.3. The molecule has 1 aliphatic heterocycles. The number of amidine groups is 1. The summed E-state index contributed by atoms with van der Waals surface area (Å²) < 4.78 is 5.65. The van der Waals surface area contributed by atoms with Crippen LogP contribution in [0.4, 0.5) is 0 Å². The summed E-state index contributed by atoms with van der Waals surface area (Å²) in [4.78, 5) is 4.55. The summed E-state index contributed by atoms with van der Waals surface area (Å²) in [6, 6.07) is 20.4. The first-order valence-electron chi connectivity index (χ1n) is 7.09. The third-order valence-electron chi connectivity index (χ3n) is 3.22. The Hall–Kier alpha value is -1.94. The third-order valence-corrected chi connectivity index (χ3v) is 4.42. The lowest BCUT2D eigenvalue weighted by Crippen LogP contribution is -2.24. The molecule has 0 bridgehead atoms. The first-order chi connectivity index (χ1) is 10.4. The van der Waals surface area contributed by atoms with Gasteiger partial charge in [0, 0.05) is 0 Å². The maximum Gasteiger partial charge on any atom is 0.157 e. The highest BCUT2D eigenvalue weighted by Crippen LogP contribution is 2.33. The van der Waals surface area contributed by atoms with Crippen molar-refractivity contribution in [3.63, 3.8) is 0 Å². The highest BCUT2D eigenvalue weighted by atomic mass is 32.2. The summed E-state index contributed by atoms with van der Waals surface area (Å²) >= 11 is 1.79. The van der Waals surface area contributed by atoms with E-state index in [9.17, 15) is 0 Å². The fourth-order valence-electron chi connectivity index (χ4n) is 2.16. The molecule has 0 radical (unpaired) electrons. The lowest BCUT2D eigenvalue weighted by atomic mass is 10.1. The second-order valence-electron chi connectivity index (χ2n) is 4.75. The number of rotatable bonds is 5. The van der Waals surface area contributed by atoms with E-state index < -0.39 is 0 Å². The van der Waals surface area contributed by atoms with Crippen LogP contribution in [0.5, 0.6) is 5.75 Å². The van der Waals surface area contributed by atoms with E-state index in [0.29, 0.717) is 11.9 Å². The third kappa shape index (κ3) is 4.02. The maximum atomic E-state index is 5.65. The van der Waals surface area contributed by atoms with Crippen LogP contribution in [0.1, 0.15) is 10.8 Å². The monoisotopic (exact) mass is 298 g/mol. The molecule has 1 N–H and O–H groups in total. The molecule has 0 fully saturated rings. The Kier molecular flexibility index (Phi) is 4.79. The highest BCUT2D eigenvalue weighted by molar-refractivity contribution is 8.14. The summed E-state index contributed by atoms with van der Waals surface area (Å²) in [6.07, 6.45) is 0. The Morgan fingerprint density at radius 2 is 1.76 bits per heavy atom. The molecule has 0 aromatic heterocycles. The average molecular weight is 298 g/mol. The molecule has 2 aromatic carbocycles. The number of benzene rings is 2. The summed E-state index contributed by atoms with van der Waals surface area (Å²) in [5, 5.41) is 4.79. The van der Waals surface area contributed by atoms with Crippen molar-refractivity contribution in [3.8, 4) is 5.75 Å². The molecule has 0 spiro atoms. The number of hydrogen-bond acceptors (Lipinski definition) is 4. The SMILES string of the molecule is c1ccc(OCCNC2=NCC(c3ccccc3)S2)cc1. The number of nitrogens with zero attached hydrogens (tertiary/aromatic N) is 1. The van der Waals surface area contributed by atoms with Gasteiger partial charge in [-0.3, -0.25) is 4.99 Å². The van der Waals surface area contributed by atoms with Crippen molar-refractivity contribution >= 4 is 16.9 Å². The minimum absolute atomic E-state index is 0.434. The van der Waals surface area contributed by atoms with Gasteiger partial charge in [0.05, 0.1) is 18.3 Å². The molecule has 21 heavy (non-hydrogen) atoms. The molecule has 108 valence electrons. The van der Waals surface area contributed by atoms with Crippen molar-refractivity contribution in [1.82, 2.24) is 5.32 Å². The van der Waals surface area contributed by atoms with Crippen LogP contribution in [0, 0.1) is 0 Å². The highest BCUT2D eigenvalue weighted by Gasteiger charge is 2.20. The van der Waals surface area contributed by atoms with Crippen LogP contribution in [-0.4, -0.2) is 24.9 Å². The molecule has 1 unspecified atom stereocenters. The van der Waals surface area contributed by atoms with E-state index in [1.54, 1.807) is 11.8 Å². The van der Waals surface area contributed by atoms with Crippen molar-refractivity contribution in [1.29, 1.82) is 0 Å². The topological polar surface area (TPSA) is 33.6 Å². The number of hydrogen-bond donors (Lipinski definition) is 1. The smallest absolute Gasteiger partial charge is 0.157 e. The largest absolute Gasteiger partial charge is 0.492 e. The molecule has 3 nitrogen and oxygen atoms in total. The first-order valence-corrected chi connectivity index (χ1v) is 7.97. The molecular formula is C17H18N2OS. The molecule has 0 saturated carbocycles. The Labute approximate surface area is 129 Å². The van der Waals surface area contributed by atoms with Crippen LogP contribution in [0.2, 0.25) is 0 Å². The van der Waals surface area contributed by atoms with Crippen LogP contribution in [0.25, 0.3) is 0 Å². The number of nitrogens with one attached hydrogen (secondary N) is 1. The van der Waals surface area contributed by atoms with Gasteiger partial charge in [-0.2, -0.15) is 0 Å². The van der Waals surface area contributed by atoms with E-state index in [1.165, 1.54) is 5.56 Å². The Morgan fingerprint density at radius 1 is 1.05 bits per heavy atom. The zero-order valence-electron chi connectivity index (χ0n) is 11.7. The van der Waals surface area contributed by atoms with Crippen LogP contribution >= 0.6 is 11.8 Å². The molecule has 4 heteroatoms. The minimum Gasteiger partial charge on any atom is -0.492 e. The second kappa shape index (κ2) is 7.18. The fraction of sp³-hybridized carbons (Fsp3) is 0.235. The predicted octanol–water partition coefficient (Wildman–Crippen LogP) is 3.50. The van der Waals surface area contributed by atoms with E-state index >= 15 is 0 Å². The molecule has 1 aliphatic rings. The standard InChI is InChI=1S/C17H18N2OS/c1-3-7-14(8-4-1)16-13-19-17(21-16)18-11-12-20-15-9-5-2-6-10-15/h1-10,16H,11-13H2,(H,18,19). The van der Waals surface area contributed by atoms with Gasteiger partial charge >= 0.3 is 0 Å². The van der Waals surface area contributed by atoms with Gasteiger partial charge in [0.15, 0.2) is 5.17 Å². The second-order valence-corrected chi connectivity index (χ2v) is 5.94. The van der Waals surface area contributed by atoms with Crippen molar-refractivity contribution in [2.45, 2.75) is 5.25 Å². The zero-order valence-corrected chi connectivity index (χ0v) is 12.6. The van der Waals surface area contributed by atoms with Crippen molar-refractivity contribution in [2.24, 2.45) is 4.99 Å². The summed E-state index contributed by atoms with van der Waals surface area (Å²) in [7, 11) is 0. The number of para-hydroxylation sites is 1. The van der Waals surface area contributed by atoms with E-state index in [4.69, 9.17) is 4.74 Å². The molecule has 0 saturated heterocycles. The predicted molar refractivity (Wildman–Crippen MR) is 89.0 cm³/mol. The van der Waals surface area contributed by atoms with Gasteiger partial charge in [-0.15, -0.1) is 0 Å². The molecule has 3 rings (SSSR count). The van der Waals surface area contributed by atoms with Gasteiger partial charge in [-0.1, -0.05) is 60.3 Å². The Balaban J connectivity index is 1.39. The Morgan fingerprint density at radius 3 is 2.52 bits per heavy atom. The maximum absolute atomic E-state index is 5.65. The lowest BCUT2D eigenvalue weighted by molar-refractivity contribution is 0.323. The van der Waals surface area contributed by atoms with E-state index in [0.717, 1.165) is 24.0 Å². The van der Waals surface area contributed by atoms with Crippen LogP contribution in [-0.2, 0) is 0 Å². The van der Waals surface area contributed by atoms with Gasteiger partial charge in [-0.25, -0.2) is 0 Å². The van der Waals surface area contributed by atoms with Gasteiger partial charge in [0.2, 0.25) is 0 Å². The van der Waals surface area contributed by atoms with Gasteiger partial charge in [0.25, 0.3) is 0 Å². The van der Waals surface area contributed by atoms with Gasteiger partial charge < -0.3 is 10.1 Å². The van der Waals surface area contributed by atoms with Crippen LogP contribution in [0.3, 0.4) is 0 Å². The Bertz CT molecular complexity index is 586. The number of aliphatic imine (C=N–C) groups is 1. The fourth-order valence-corrected chi connectivity index (χ4v) is 3.20. The molecule has 1 atom stereocenters. The van der Waals surface area contributed by atoms with Gasteiger partial charge in [-0.05, 0) is 17.7 Å². The summed E-state index contributed by atoms with van der Waals surface area (Å²) in [6.45, 7) is 2.25. The molecule has 2 aromatic rings. The van der Waals surface area contributed by atoms with Crippen molar-refractivity contribution in [2.75, 3.05) is 19.7 Å². The quantitative estimate of drug-likeness (QED) is 0.858. The molecular weight excluding hydrogens is 280 g/mol. The van der Waals surface area contributed by atoms with E-state index in [1.807, 2.05) is 36.4 Å². The van der Waals surface area contributed by atoms with Crippen LogP contribution < -0.4 is 10.1 Å². The molecule has 1 heterocycles. The first kappa shape index (κ1) is 14.0.